The van der Waals surface area contributed by atoms with Gasteiger partial charge in [0.05, 0.1) is 11.4 Å². The molecular formula is C27H25N3O3. The van der Waals surface area contributed by atoms with Gasteiger partial charge in [-0.3, -0.25) is 9.59 Å². The Morgan fingerprint density at radius 1 is 1.00 bits per heavy atom. The van der Waals surface area contributed by atoms with E-state index in [4.69, 9.17) is 4.52 Å². The van der Waals surface area contributed by atoms with Crippen molar-refractivity contribution in [3.63, 3.8) is 0 Å². The minimum Gasteiger partial charge on any atom is -0.350 e. The summed E-state index contributed by atoms with van der Waals surface area (Å²) in [6.45, 7) is 3.89. The van der Waals surface area contributed by atoms with Crippen molar-refractivity contribution in [3.8, 4) is 0 Å². The van der Waals surface area contributed by atoms with Crippen molar-refractivity contribution >= 4 is 34.1 Å². The van der Waals surface area contributed by atoms with Gasteiger partial charge in [0.15, 0.2) is 0 Å². The number of aromatic nitrogens is 1. The minimum absolute atomic E-state index is 0.0502. The van der Waals surface area contributed by atoms with Gasteiger partial charge in [-0.1, -0.05) is 60.6 Å². The Morgan fingerprint density at radius 3 is 2.48 bits per heavy atom. The molecule has 2 heterocycles. The van der Waals surface area contributed by atoms with Gasteiger partial charge in [-0.05, 0) is 49.2 Å². The standard InChI is InChI=1S/C27H25N3O3/c1-3-25(31)30(19-11-5-4-6-12-19)24-17-18(2)29(23-16-10-8-14-21(23)24)27(32)26-20-13-7-9-15-22(20)28-33-26/h4-16,18,24H,3,17H2,1-2H3/t18-,24+/m1/s1. The van der Waals surface area contributed by atoms with E-state index in [-0.39, 0.29) is 29.7 Å². The molecule has 4 aromatic rings. The Labute approximate surface area is 192 Å². The fourth-order valence-corrected chi connectivity index (χ4v) is 4.75. The van der Waals surface area contributed by atoms with E-state index in [0.717, 1.165) is 16.9 Å². The van der Waals surface area contributed by atoms with Crippen LogP contribution in [0, 0.1) is 0 Å². The lowest BCUT2D eigenvalue weighted by atomic mass is 9.89. The van der Waals surface area contributed by atoms with Crippen LogP contribution in [0.3, 0.4) is 0 Å². The summed E-state index contributed by atoms with van der Waals surface area (Å²) >= 11 is 0. The maximum Gasteiger partial charge on any atom is 0.297 e. The summed E-state index contributed by atoms with van der Waals surface area (Å²) in [5.41, 5.74) is 3.24. The number of carbonyl (C=O) groups is 2. The summed E-state index contributed by atoms with van der Waals surface area (Å²) < 4.78 is 5.49. The number of hydrogen-bond acceptors (Lipinski definition) is 4. The molecule has 1 aromatic heterocycles. The summed E-state index contributed by atoms with van der Waals surface area (Å²) in [5.74, 6) is 0.0552. The van der Waals surface area contributed by atoms with Crippen molar-refractivity contribution in [3.05, 3.63) is 90.2 Å². The summed E-state index contributed by atoms with van der Waals surface area (Å²) in [4.78, 5) is 30.4. The molecule has 0 radical (unpaired) electrons. The van der Waals surface area contributed by atoms with E-state index < -0.39 is 0 Å². The number of anilines is 2. The molecule has 0 N–H and O–H groups in total. The molecule has 0 bridgehead atoms. The Morgan fingerprint density at radius 2 is 1.70 bits per heavy atom. The molecule has 5 rings (SSSR count). The number of carbonyl (C=O) groups excluding carboxylic acids is 2. The maximum atomic E-state index is 13.7. The van der Waals surface area contributed by atoms with Gasteiger partial charge in [0.2, 0.25) is 11.7 Å². The lowest BCUT2D eigenvalue weighted by Crippen LogP contribution is -2.47. The SMILES string of the molecule is CCC(=O)N(c1ccccc1)[C@H]1C[C@@H](C)N(C(=O)c2onc3ccccc23)c2ccccc21. The maximum absolute atomic E-state index is 13.7. The zero-order valence-electron chi connectivity index (χ0n) is 18.6. The van der Waals surface area contributed by atoms with Gasteiger partial charge in [0.1, 0.15) is 5.52 Å². The van der Waals surface area contributed by atoms with Crippen LogP contribution in [0.4, 0.5) is 11.4 Å². The van der Waals surface area contributed by atoms with Gasteiger partial charge >= 0.3 is 0 Å². The van der Waals surface area contributed by atoms with Gasteiger partial charge in [-0.15, -0.1) is 0 Å². The number of benzene rings is 3. The second kappa shape index (κ2) is 8.54. The van der Waals surface area contributed by atoms with E-state index in [1.807, 2.05) is 97.6 Å². The highest BCUT2D eigenvalue weighted by atomic mass is 16.5. The van der Waals surface area contributed by atoms with Crippen LogP contribution in [0.2, 0.25) is 0 Å². The number of nitrogens with zero attached hydrogens (tertiary/aromatic N) is 3. The molecular weight excluding hydrogens is 414 g/mol. The van der Waals surface area contributed by atoms with Crippen LogP contribution in [0.1, 0.15) is 48.8 Å². The predicted molar refractivity (Wildman–Crippen MR) is 128 cm³/mol. The van der Waals surface area contributed by atoms with E-state index in [9.17, 15) is 9.59 Å². The molecule has 0 aliphatic carbocycles. The van der Waals surface area contributed by atoms with Crippen molar-refractivity contribution in [2.75, 3.05) is 9.80 Å². The summed E-state index contributed by atoms with van der Waals surface area (Å²) in [6, 6.07) is 24.6. The molecule has 0 spiro atoms. The third kappa shape index (κ3) is 3.57. The molecule has 3 aromatic carbocycles. The van der Waals surface area contributed by atoms with Gasteiger partial charge in [0, 0.05) is 23.8 Å². The topological polar surface area (TPSA) is 66.7 Å². The zero-order valence-corrected chi connectivity index (χ0v) is 18.6. The summed E-state index contributed by atoms with van der Waals surface area (Å²) in [7, 11) is 0. The molecule has 1 aliphatic heterocycles. The Bertz CT molecular complexity index is 1310. The van der Waals surface area contributed by atoms with Gasteiger partial charge in [0.25, 0.3) is 5.91 Å². The Hall–Kier alpha value is -3.93. The largest absolute Gasteiger partial charge is 0.350 e. The van der Waals surface area contributed by atoms with Crippen LogP contribution in [-0.4, -0.2) is 23.0 Å². The highest BCUT2D eigenvalue weighted by Gasteiger charge is 2.39. The van der Waals surface area contributed by atoms with Crippen LogP contribution < -0.4 is 9.80 Å². The molecule has 1 aliphatic rings. The smallest absolute Gasteiger partial charge is 0.297 e. The van der Waals surface area contributed by atoms with E-state index >= 15 is 0 Å². The fourth-order valence-electron chi connectivity index (χ4n) is 4.75. The van der Waals surface area contributed by atoms with Crippen molar-refractivity contribution in [1.82, 2.24) is 5.16 Å². The number of amides is 2. The van der Waals surface area contributed by atoms with Crippen LogP contribution in [0.15, 0.2) is 83.4 Å². The van der Waals surface area contributed by atoms with Crippen LogP contribution in [-0.2, 0) is 4.79 Å². The second-order valence-electron chi connectivity index (χ2n) is 8.32. The molecule has 6 heteroatoms. The van der Waals surface area contributed by atoms with Crippen molar-refractivity contribution in [1.29, 1.82) is 0 Å². The molecule has 0 fully saturated rings. The molecule has 6 nitrogen and oxygen atoms in total. The van der Waals surface area contributed by atoms with Crippen LogP contribution >= 0.6 is 0 Å². The third-order valence-corrected chi connectivity index (χ3v) is 6.27. The third-order valence-electron chi connectivity index (χ3n) is 6.27. The summed E-state index contributed by atoms with van der Waals surface area (Å²) in [5, 5.41) is 4.75. The minimum atomic E-state index is -0.227. The highest BCUT2D eigenvalue weighted by Crippen LogP contribution is 2.43. The van der Waals surface area contributed by atoms with Crippen molar-refractivity contribution in [2.45, 2.75) is 38.8 Å². The Kier molecular flexibility index (Phi) is 5.42. The van der Waals surface area contributed by atoms with Crippen molar-refractivity contribution < 1.29 is 14.1 Å². The molecule has 166 valence electrons. The predicted octanol–water partition coefficient (Wildman–Crippen LogP) is 5.75. The number of hydrogen-bond donors (Lipinski definition) is 0. The zero-order chi connectivity index (χ0) is 22.9. The second-order valence-corrected chi connectivity index (χ2v) is 8.32. The Balaban J connectivity index is 1.60. The van der Waals surface area contributed by atoms with Crippen LogP contribution in [0.25, 0.3) is 10.9 Å². The van der Waals surface area contributed by atoms with Gasteiger partial charge in [-0.25, -0.2) is 0 Å². The first-order chi connectivity index (χ1) is 16.1. The first kappa shape index (κ1) is 20.9. The van der Waals surface area contributed by atoms with E-state index in [0.29, 0.717) is 23.7 Å². The molecule has 0 unspecified atom stereocenters. The summed E-state index contributed by atoms with van der Waals surface area (Å²) in [6.07, 6.45) is 1.00. The number of para-hydroxylation sites is 2. The van der Waals surface area contributed by atoms with Crippen LogP contribution in [0.5, 0.6) is 0 Å². The van der Waals surface area contributed by atoms with E-state index in [1.165, 1.54) is 0 Å². The molecule has 0 saturated heterocycles. The quantitative estimate of drug-likeness (QED) is 0.406. The lowest BCUT2D eigenvalue weighted by molar-refractivity contribution is -0.118. The van der Waals surface area contributed by atoms with E-state index in [1.54, 1.807) is 4.90 Å². The lowest BCUT2D eigenvalue weighted by Gasteiger charge is -2.43. The average Bonchev–Trinajstić information content (AvgIpc) is 3.29. The normalized spacial score (nSPS) is 17.6. The fraction of sp³-hybridized carbons (Fsp3) is 0.222. The van der Waals surface area contributed by atoms with E-state index in [2.05, 4.69) is 5.16 Å². The number of fused-ring (bicyclic) bond motifs is 2. The molecule has 2 atom stereocenters. The number of rotatable bonds is 4. The highest BCUT2D eigenvalue weighted by molar-refractivity contribution is 6.12. The first-order valence-electron chi connectivity index (χ1n) is 11.2. The first-order valence-corrected chi connectivity index (χ1v) is 11.2. The van der Waals surface area contributed by atoms with Crippen molar-refractivity contribution in [2.24, 2.45) is 0 Å². The molecule has 2 amide bonds. The molecule has 33 heavy (non-hydrogen) atoms. The monoisotopic (exact) mass is 439 g/mol. The molecule has 0 saturated carbocycles. The average molecular weight is 440 g/mol. The van der Waals surface area contributed by atoms with Gasteiger partial charge < -0.3 is 14.3 Å². The van der Waals surface area contributed by atoms with Gasteiger partial charge in [-0.2, -0.15) is 0 Å².